The van der Waals surface area contributed by atoms with Gasteiger partial charge in [0.15, 0.2) is 0 Å². The van der Waals surface area contributed by atoms with Crippen molar-refractivity contribution < 1.29 is 4.79 Å². The zero-order chi connectivity index (χ0) is 16.0. The Morgan fingerprint density at radius 2 is 2.04 bits per heavy atom. The molecule has 1 atom stereocenters. The average Bonchev–Trinajstić information content (AvgIpc) is 3.23. The second-order valence-corrected chi connectivity index (χ2v) is 8.09. The number of rotatable bonds is 2. The maximum atomic E-state index is 13.0. The minimum Gasteiger partial charge on any atom is -0.328 e. The van der Waals surface area contributed by atoms with Gasteiger partial charge in [-0.3, -0.25) is 4.79 Å². The third kappa shape index (κ3) is 2.56. The van der Waals surface area contributed by atoms with E-state index in [1.54, 1.807) is 11.3 Å². The van der Waals surface area contributed by atoms with Crippen molar-refractivity contribution in [3.8, 4) is 0 Å². The van der Waals surface area contributed by atoms with E-state index in [4.69, 9.17) is 4.98 Å². The van der Waals surface area contributed by atoms with Crippen molar-refractivity contribution >= 4 is 38.8 Å². The molecular weight excluding hydrogens is 326 g/mol. The lowest BCUT2D eigenvalue weighted by atomic mass is 10.2. The van der Waals surface area contributed by atoms with Crippen LogP contribution in [0.2, 0.25) is 0 Å². The Balaban J connectivity index is 1.68. The molecule has 0 bridgehead atoms. The highest BCUT2D eigenvalue weighted by Crippen LogP contribution is 2.38. The molecule has 0 N–H and O–H groups in total. The monoisotopic (exact) mass is 343 g/mol. The number of amides is 1. The van der Waals surface area contributed by atoms with Crippen LogP contribution in [0.25, 0.3) is 10.2 Å². The highest BCUT2D eigenvalue weighted by atomic mass is 32.1. The lowest BCUT2D eigenvalue weighted by Gasteiger charge is -2.22. The zero-order valence-electron chi connectivity index (χ0n) is 13.1. The van der Waals surface area contributed by atoms with Gasteiger partial charge in [0.25, 0.3) is 5.91 Å². The fourth-order valence-corrected chi connectivity index (χ4v) is 5.15. The van der Waals surface area contributed by atoms with Gasteiger partial charge < -0.3 is 4.90 Å². The van der Waals surface area contributed by atoms with E-state index < -0.39 is 0 Å². The summed E-state index contributed by atoms with van der Waals surface area (Å²) in [5.74, 6) is 0.106. The number of carbonyl (C=O) groups is 1. The summed E-state index contributed by atoms with van der Waals surface area (Å²) in [6.07, 6.45) is 2.02. The molecule has 0 radical (unpaired) electrons. The van der Waals surface area contributed by atoms with Crippen LogP contribution in [0, 0.1) is 13.8 Å². The van der Waals surface area contributed by atoms with E-state index in [1.807, 2.05) is 36.9 Å². The van der Waals surface area contributed by atoms with Crippen molar-refractivity contribution in [1.29, 1.82) is 0 Å². The summed E-state index contributed by atoms with van der Waals surface area (Å²) in [7, 11) is 0. The first-order chi connectivity index (χ1) is 11.1. The summed E-state index contributed by atoms with van der Waals surface area (Å²) in [5, 5.41) is 2.00. The molecule has 2 aromatic heterocycles. The topological polar surface area (TPSA) is 46.1 Å². The highest BCUT2D eigenvalue weighted by Gasteiger charge is 2.34. The lowest BCUT2D eigenvalue weighted by Crippen LogP contribution is -2.30. The van der Waals surface area contributed by atoms with Crippen LogP contribution in [0.5, 0.6) is 0 Å². The molecule has 3 aromatic rings. The van der Waals surface area contributed by atoms with E-state index in [-0.39, 0.29) is 11.9 Å². The third-order valence-electron chi connectivity index (χ3n) is 4.21. The number of likely N-dealkylation sites (tertiary alicyclic amines) is 1. The molecule has 1 saturated heterocycles. The molecule has 4 nitrogen and oxygen atoms in total. The first kappa shape index (κ1) is 14.8. The van der Waals surface area contributed by atoms with E-state index in [2.05, 4.69) is 11.1 Å². The van der Waals surface area contributed by atoms with Crippen molar-refractivity contribution in [2.45, 2.75) is 32.7 Å². The molecule has 118 valence electrons. The Labute approximate surface area is 142 Å². The first-order valence-electron chi connectivity index (χ1n) is 7.74. The normalized spacial score (nSPS) is 18.0. The quantitative estimate of drug-likeness (QED) is 0.695. The summed E-state index contributed by atoms with van der Waals surface area (Å²) >= 11 is 3.20. The van der Waals surface area contributed by atoms with Gasteiger partial charge in [-0.1, -0.05) is 12.1 Å². The van der Waals surface area contributed by atoms with E-state index in [0.29, 0.717) is 0 Å². The first-order valence-corrected chi connectivity index (χ1v) is 9.37. The largest absolute Gasteiger partial charge is 0.328 e. The maximum absolute atomic E-state index is 13.0. The van der Waals surface area contributed by atoms with Crippen LogP contribution in [0.4, 0.5) is 0 Å². The number of aryl methyl sites for hydroxylation is 2. The number of carbonyl (C=O) groups excluding carboxylic acids is 1. The van der Waals surface area contributed by atoms with Gasteiger partial charge in [0.1, 0.15) is 9.88 Å². The van der Waals surface area contributed by atoms with Gasteiger partial charge in [-0.15, -0.1) is 22.7 Å². The van der Waals surface area contributed by atoms with Crippen molar-refractivity contribution in [3.63, 3.8) is 0 Å². The van der Waals surface area contributed by atoms with E-state index in [1.165, 1.54) is 16.0 Å². The van der Waals surface area contributed by atoms with Crippen molar-refractivity contribution in [1.82, 2.24) is 14.9 Å². The Kier molecular flexibility index (Phi) is 3.66. The smallest absolute Gasteiger partial charge is 0.266 e. The van der Waals surface area contributed by atoms with E-state index in [9.17, 15) is 4.79 Å². The Bertz CT molecular complexity index is 850. The predicted molar refractivity (Wildman–Crippen MR) is 94.2 cm³/mol. The summed E-state index contributed by atoms with van der Waals surface area (Å²) < 4.78 is 1.19. The molecule has 1 amide bonds. The molecule has 1 aromatic carbocycles. The van der Waals surface area contributed by atoms with Crippen LogP contribution < -0.4 is 0 Å². The van der Waals surface area contributed by atoms with Crippen molar-refractivity contribution in [2.75, 3.05) is 6.54 Å². The molecule has 0 saturated carbocycles. The summed E-state index contributed by atoms with van der Waals surface area (Å²) in [6.45, 7) is 4.67. The van der Waals surface area contributed by atoms with Gasteiger partial charge in [-0.25, -0.2) is 9.97 Å². The average molecular weight is 343 g/mol. The standard InChI is InChI=1S/C17H17N3OS2/c1-10-15(22-11(2)18-10)17(21)20-9-5-7-13(20)16-19-12-6-3-4-8-14(12)23-16/h3-4,6,8,13H,5,7,9H2,1-2H3. The Morgan fingerprint density at radius 3 is 2.78 bits per heavy atom. The van der Waals surface area contributed by atoms with Crippen LogP contribution in [-0.2, 0) is 0 Å². The van der Waals surface area contributed by atoms with Gasteiger partial charge in [-0.2, -0.15) is 0 Å². The number of para-hydroxylation sites is 1. The van der Waals surface area contributed by atoms with Crippen LogP contribution in [0.15, 0.2) is 24.3 Å². The molecule has 1 unspecified atom stereocenters. The van der Waals surface area contributed by atoms with E-state index >= 15 is 0 Å². The Morgan fingerprint density at radius 1 is 1.22 bits per heavy atom. The molecule has 23 heavy (non-hydrogen) atoms. The number of benzene rings is 1. The van der Waals surface area contributed by atoms with Crippen molar-refractivity contribution in [2.24, 2.45) is 0 Å². The number of nitrogens with zero attached hydrogens (tertiary/aromatic N) is 3. The minimum atomic E-state index is 0.0988. The number of thiazole rings is 2. The molecule has 1 aliphatic rings. The molecule has 0 spiro atoms. The second-order valence-electron chi connectivity index (χ2n) is 5.82. The maximum Gasteiger partial charge on any atom is 0.266 e. The summed E-state index contributed by atoms with van der Waals surface area (Å²) in [6, 6.07) is 8.27. The van der Waals surface area contributed by atoms with Gasteiger partial charge in [0.2, 0.25) is 0 Å². The van der Waals surface area contributed by atoms with Gasteiger partial charge in [0.05, 0.1) is 27.0 Å². The second kappa shape index (κ2) is 5.69. The fraction of sp³-hybridized carbons (Fsp3) is 0.353. The summed E-state index contributed by atoms with van der Waals surface area (Å²) in [5.41, 5.74) is 1.86. The van der Waals surface area contributed by atoms with Gasteiger partial charge in [-0.05, 0) is 38.8 Å². The van der Waals surface area contributed by atoms with Crippen molar-refractivity contribution in [3.05, 3.63) is 44.9 Å². The van der Waals surface area contributed by atoms with Gasteiger partial charge >= 0.3 is 0 Å². The minimum absolute atomic E-state index is 0.0988. The Hall–Kier alpha value is -1.79. The van der Waals surface area contributed by atoms with Crippen LogP contribution in [-0.4, -0.2) is 27.3 Å². The fourth-order valence-electron chi connectivity index (χ4n) is 3.16. The number of hydrogen-bond acceptors (Lipinski definition) is 5. The van der Waals surface area contributed by atoms with Crippen LogP contribution in [0.1, 0.15) is 44.3 Å². The SMILES string of the molecule is Cc1nc(C)c(C(=O)N2CCCC2c2nc3ccccc3s2)s1. The van der Waals surface area contributed by atoms with Gasteiger partial charge in [0, 0.05) is 6.54 Å². The third-order valence-corrected chi connectivity index (χ3v) is 6.41. The van der Waals surface area contributed by atoms with E-state index in [0.717, 1.165) is 45.5 Å². The summed E-state index contributed by atoms with van der Waals surface area (Å²) in [4.78, 5) is 24.9. The highest BCUT2D eigenvalue weighted by molar-refractivity contribution is 7.18. The molecule has 3 heterocycles. The number of fused-ring (bicyclic) bond motifs is 1. The molecule has 1 fully saturated rings. The molecular formula is C17H17N3OS2. The molecule has 6 heteroatoms. The predicted octanol–water partition coefficient (Wildman–Crippen LogP) is 4.35. The molecule has 1 aliphatic heterocycles. The lowest BCUT2D eigenvalue weighted by molar-refractivity contribution is 0.0739. The molecule has 4 rings (SSSR count). The van der Waals surface area contributed by atoms with Crippen LogP contribution >= 0.6 is 22.7 Å². The number of aromatic nitrogens is 2. The zero-order valence-corrected chi connectivity index (χ0v) is 14.7. The van der Waals surface area contributed by atoms with Crippen LogP contribution in [0.3, 0.4) is 0 Å². The molecule has 0 aliphatic carbocycles. The number of hydrogen-bond donors (Lipinski definition) is 0.